The first-order valence-corrected chi connectivity index (χ1v) is 4.33. The zero-order valence-corrected chi connectivity index (χ0v) is 7.92. The fourth-order valence-electron chi connectivity index (χ4n) is 1.17. The van der Waals surface area contributed by atoms with Crippen LogP contribution in [0.1, 0.15) is 18.9 Å². The van der Waals surface area contributed by atoms with Gasteiger partial charge in [-0.2, -0.15) is 0 Å². The molecule has 1 aromatic rings. The Morgan fingerprint density at radius 3 is 2.29 bits per heavy atom. The van der Waals surface area contributed by atoms with Crippen LogP contribution in [0.3, 0.4) is 0 Å². The Labute approximate surface area is 81.7 Å². The van der Waals surface area contributed by atoms with Gasteiger partial charge in [-0.15, -0.1) is 0 Å². The Morgan fingerprint density at radius 1 is 1.21 bits per heavy atom. The Hall–Kier alpha value is -1.51. The molecule has 0 aliphatic heterocycles. The summed E-state index contributed by atoms with van der Waals surface area (Å²) >= 11 is 0. The van der Waals surface area contributed by atoms with Crippen molar-refractivity contribution in [2.75, 3.05) is 0 Å². The number of hydrogen-bond acceptors (Lipinski definition) is 2. The van der Waals surface area contributed by atoms with Crippen molar-refractivity contribution < 1.29 is 14.0 Å². The van der Waals surface area contributed by atoms with Gasteiger partial charge >= 0.3 is 0 Å². The quantitative estimate of drug-likeness (QED) is 0.686. The minimum Gasteiger partial charge on any atom is -0.300 e. The molecule has 3 heteroatoms. The second-order valence-electron chi connectivity index (χ2n) is 3.22. The number of ketones is 2. The molecular weight excluding hydrogens is 183 g/mol. The van der Waals surface area contributed by atoms with E-state index >= 15 is 0 Å². The smallest absolute Gasteiger partial charge is 0.144 e. The maximum atomic E-state index is 12.5. The highest BCUT2D eigenvalue weighted by atomic mass is 19.1. The number of hydrogen-bond donors (Lipinski definition) is 0. The van der Waals surface area contributed by atoms with Gasteiger partial charge in [0.15, 0.2) is 0 Å². The average molecular weight is 194 g/mol. The zero-order valence-electron chi connectivity index (χ0n) is 7.92. The van der Waals surface area contributed by atoms with E-state index in [0.29, 0.717) is 0 Å². The standard InChI is InChI=1S/C11H11FO2/c1-8(13)6-11(14)7-9-2-4-10(12)5-3-9/h2-5H,6-7H2,1H3. The average Bonchev–Trinajstić information content (AvgIpc) is 2.07. The maximum absolute atomic E-state index is 12.5. The molecule has 0 heterocycles. The Morgan fingerprint density at radius 2 is 1.79 bits per heavy atom. The molecular formula is C11H11FO2. The largest absolute Gasteiger partial charge is 0.300 e. The monoisotopic (exact) mass is 194 g/mol. The predicted octanol–water partition coefficient (Wildman–Crippen LogP) is 1.92. The summed E-state index contributed by atoms with van der Waals surface area (Å²) in [5.41, 5.74) is 0.734. The van der Waals surface area contributed by atoms with Gasteiger partial charge in [0.2, 0.25) is 0 Å². The molecule has 0 saturated heterocycles. The SMILES string of the molecule is CC(=O)CC(=O)Cc1ccc(F)cc1. The van der Waals surface area contributed by atoms with E-state index in [2.05, 4.69) is 0 Å². The van der Waals surface area contributed by atoms with Crippen LogP contribution in [0, 0.1) is 5.82 Å². The van der Waals surface area contributed by atoms with Crippen LogP contribution in [0.5, 0.6) is 0 Å². The zero-order chi connectivity index (χ0) is 10.6. The van der Waals surface area contributed by atoms with Gasteiger partial charge in [-0.05, 0) is 24.6 Å². The topological polar surface area (TPSA) is 34.1 Å². The van der Waals surface area contributed by atoms with Crippen LogP contribution in [0.25, 0.3) is 0 Å². The van der Waals surface area contributed by atoms with E-state index in [4.69, 9.17) is 0 Å². The molecule has 0 fully saturated rings. The summed E-state index contributed by atoms with van der Waals surface area (Å²) in [5.74, 6) is -0.603. The van der Waals surface area contributed by atoms with Gasteiger partial charge in [-0.3, -0.25) is 9.59 Å². The van der Waals surface area contributed by atoms with Gasteiger partial charge in [-0.1, -0.05) is 12.1 Å². The summed E-state index contributed by atoms with van der Waals surface area (Å²) in [6.45, 7) is 1.38. The Balaban J connectivity index is 2.56. The summed E-state index contributed by atoms with van der Waals surface area (Å²) in [6, 6.07) is 5.70. The Kier molecular flexibility index (Phi) is 3.51. The van der Waals surface area contributed by atoms with E-state index in [-0.39, 0.29) is 30.2 Å². The van der Waals surface area contributed by atoms with Crippen LogP contribution in [-0.2, 0) is 16.0 Å². The highest BCUT2D eigenvalue weighted by Crippen LogP contribution is 2.05. The Bertz CT molecular complexity index is 341. The molecule has 1 rings (SSSR count). The third kappa shape index (κ3) is 3.47. The van der Waals surface area contributed by atoms with E-state index in [1.165, 1.54) is 19.1 Å². The van der Waals surface area contributed by atoms with Crippen molar-refractivity contribution >= 4 is 11.6 Å². The van der Waals surface area contributed by atoms with Gasteiger partial charge in [0.1, 0.15) is 17.4 Å². The van der Waals surface area contributed by atoms with Crippen molar-refractivity contribution in [3.8, 4) is 0 Å². The lowest BCUT2D eigenvalue weighted by Gasteiger charge is -1.98. The van der Waals surface area contributed by atoms with Crippen molar-refractivity contribution in [1.82, 2.24) is 0 Å². The molecule has 2 nitrogen and oxygen atoms in total. The molecule has 0 saturated carbocycles. The molecule has 0 N–H and O–H groups in total. The summed E-state index contributed by atoms with van der Waals surface area (Å²) in [6.07, 6.45) is 0.150. The molecule has 74 valence electrons. The van der Waals surface area contributed by atoms with Crippen LogP contribution in [0.4, 0.5) is 4.39 Å². The summed E-state index contributed by atoms with van der Waals surface area (Å²) < 4.78 is 12.5. The molecule has 0 atom stereocenters. The lowest BCUT2D eigenvalue weighted by molar-refractivity contribution is -0.125. The molecule has 1 aromatic carbocycles. The van der Waals surface area contributed by atoms with Crippen molar-refractivity contribution in [3.05, 3.63) is 35.6 Å². The van der Waals surface area contributed by atoms with Gasteiger partial charge in [-0.25, -0.2) is 4.39 Å². The number of rotatable bonds is 4. The predicted molar refractivity (Wildman–Crippen MR) is 50.4 cm³/mol. The third-order valence-electron chi connectivity index (χ3n) is 1.76. The number of Topliss-reactive ketones (excluding diaryl/α,β-unsaturated/α-hetero) is 2. The third-order valence-corrected chi connectivity index (χ3v) is 1.76. The second kappa shape index (κ2) is 4.65. The molecule has 14 heavy (non-hydrogen) atoms. The number of carbonyl (C=O) groups excluding carboxylic acids is 2. The fourth-order valence-corrected chi connectivity index (χ4v) is 1.17. The van der Waals surface area contributed by atoms with E-state index in [1.807, 2.05) is 0 Å². The van der Waals surface area contributed by atoms with Gasteiger partial charge < -0.3 is 0 Å². The van der Waals surface area contributed by atoms with Gasteiger partial charge in [0.25, 0.3) is 0 Å². The molecule has 0 aromatic heterocycles. The van der Waals surface area contributed by atoms with Crippen LogP contribution in [0.2, 0.25) is 0 Å². The highest BCUT2D eigenvalue weighted by molar-refractivity contribution is 5.98. The minimum absolute atomic E-state index is 0.0443. The van der Waals surface area contributed by atoms with E-state index in [0.717, 1.165) is 5.56 Å². The normalized spacial score (nSPS) is 9.86. The van der Waals surface area contributed by atoms with Gasteiger partial charge in [0, 0.05) is 6.42 Å². The van der Waals surface area contributed by atoms with E-state index in [9.17, 15) is 14.0 Å². The van der Waals surface area contributed by atoms with Crippen LogP contribution in [-0.4, -0.2) is 11.6 Å². The maximum Gasteiger partial charge on any atom is 0.144 e. The van der Waals surface area contributed by atoms with Crippen LogP contribution in [0.15, 0.2) is 24.3 Å². The second-order valence-corrected chi connectivity index (χ2v) is 3.22. The van der Waals surface area contributed by atoms with Gasteiger partial charge in [0.05, 0.1) is 6.42 Å². The lowest BCUT2D eigenvalue weighted by atomic mass is 10.1. The fraction of sp³-hybridized carbons (Fsp3) is 0.273. The molecule has 0 bridgehead atoms. The molecule has 0 spiro atoms. The van der Waals surface area contributed by atoms with Crippen LogP contribution < -0.4 is 0 Å². The molecule has 0 radical (unpaired) electrons. The first kappa shape index (κ1) is 10.6. The van der Waals surface area contributed by atoms with E-state index in [1.54, 1.807) is 12.1 Å². The molecule has 0 amide bonds. The van der Waals surface area contributed by atoms with Crippen molar-refractivity contribution in [3.63, 3.8) is 0 Å². The first-order valence-electron chi connectivity index (χ1n) is 4.33. The molecule has 0 aliphatic rings. The van der Waals surface area contributed by atoms with Crippen molar-refractivity contribution in [2.45, 2.75) is 19.8 Å². The van der Waals surface area contributed by atoms with Crippen LogP contribution >= 0.6 is 0 Å². The minimum atomic E-state index is -0.326. The summed E-state index contributed by atoms with van der Waals surface area (Å²) in [7, 11) is 0. The molecule has 0 aliphatic carbocycles. The number of carbonyl (C=O) groups is 2. The van der Waals surface area contributed by atoms with E-state index < -0.39 is 0 Å². The summed E-state index contributed by atoms with van der Waals surface area (Å²) in [5, 5.41) is 0. The summed E-state index contributed by atoms with van der Waals surface area (Å²) in [4.78, 5) is 21.8. The number of benzene rings is 1. The highest BCUT2D eigenvalue weighted by Gasteiger charge is 2.06. The number of halogens is 1. The first-order chi connectivity index (χ1) is 6.58. The van der Waals surface area contributed by atoms with Crippen molar-refractivity contribution in [1.29, 1.82) is 0 Å². The van der Waals surface area contributed by atoms with Crippen molar-refractivity contribution in [2.24, 2.45) is 0 Å². The molecule has 0 unspecified atom stereocenters. The lowest BCUT2D eigenvalue weighted by Crippen LogP contribution is -2.07.